The summed E-state index contributed by atoms with van der Waals surface area (Å²) in [4.78, 5) is 12.4. The highest BCUT2D eigenvalue weighted by atomic mass is 35.5. The highest BCUT2D eigenvalue weighted by Crippen LogP contribution is 2.31. The van der Waals surface area contributed by atoms with Crippen molar-refractivity contribution in [3.8, 4) is 5.75 Å². The number of carbonyl (C=O) groups is 1. The molecule has 1 heterocycles. The van der Waals surface area contributed by atoms with Gasteiger partial charge in [-0.25, -0.2) is 0 Å². The van der Waals surface area contributed by atoms with E-state index in [9.17, 15) is 9.90 Å². The summed E-state index contributed by atoms with van der Waals surface area (Å²) in [6.45, 7) is 1.68. The summed E-state index contributed by atoms with van der Waals surface area (Å²) >= 11 is 7.19. The second-order valence-electron chi connectivity index (χ2n) is 4.46. The summed E-state index contributed by atoms with van der Waals surface area (Å²) in [5, 5.41) is 12.8. The van der Waals surface area contributed by atoms with Crippen LogP contribution in [0.25, 0.3) is 11.0 Å². The smallest absolute Gasteiger partial charge is 0.256 e. The van der Waals surface area contributed by atoms with Crippen LogP contribution in [0.4, 0.5) is 5.69 Å². The van der Waals surface area contributed by atoms with Gasteiger partial charge in [-0.2, -0.15) is 8.75 Å². The molecule has 21 heavy (non-hydrogen) atoms. The van der Waals surface area contributed by atoms with E-state index in [4.69, 9.17) is 11.6 Å². The molecule has 1 aromatic heterocycles. The van der Waals surface area contributed by atoms with E-state index in [1.165, 1.54) is 6.07 Å². The van der Waals surface area contributed by atoms with Gasteiger partial charge in [0.05, 0.1) is 22.4 Å². The number of phenolic OH excluding ortho intramolecular Hbond substituents is 1. The number of carbonyl (C=O) groups excluding carboxylic acids is 1. The number of aromatic nitrogens is 2. The summed E-state index contributed by atoms with van der Waals surface area (Å²) in [5.41, 5.74) is 2.54. The number of hydrogen-bond donors (Lipinski definition) is 2. The minimum absolute atomic E-state index is 0.0716. The molecule has 0 atom stereocenters. The van der Waals surface area contributed by atoms with Crippen molar-refractivity contribution in [1.29, 1.82) is 0 Å². The van der Waals surface area contributed by atoms with Crippen molar-refractivity contribution in [3.05, 3.63) is 46.5 Å². The molecule has 0 unspecified atom stereocenters. The van der Waals surface area contributed by atoms with E-state index in [-0.39, 0.29) is 11.7 Å². The number of amides is 1. The summed E-state index contributed by atoms with van der Waals surface area (Å²) in [5.74, 6) is -0.284. The summed E-state index contributed by atoms with van der Waals surface area (Å²) in [6.07, 6.45) is 0. The van der Waals surface area contributed by atoms with E-state index in [0.29, 0.717) is 32.9 Å². The number of benzene rings is 2. The maximum Gasteiger partial charge on any atom is 0.256 e. The molecule has 0 saturated heterocycles. The van der Waals surface area contributed by atoms with Crippen LogP contribution in [0, 0.1) is 6.92 Å². The molecule has 3 rings (SSSR count). The predicted octanol–water partition coefficient (Wildman–Crippen LogP) is 3.61. The van der Waals surface area contributed by atoms with Gasteiger partial charge in [0.1, 0.15) is 16.8 Å². The Morgan fingerprint density at radius 3 is 2.90 bits per heavy atom. The quantitative estimate of drug-likeness (QED) is 0.756. The van der Waals surface area contributed by atoms with Crippen molar-refractivity contribution in [3.63, 3.8) is 0 Å². The number of nitrogens with zero attached hydrogens (tertiary/aromatic N) is 2. The molecule has 0 bridgehead atoms. The van der Waals surface area contributed by atoms with Crippen molar-refractivity contribution in [1.82, 2.24) is 8.75 Å². The van der Waals surface area contributed by atoms with Gasteiger partial charge < -0.3 is 10.4 Å². The third-order valence-corrected chi connectivity index (χ3v) is 4.02. The Labute approximate surface area is 129 Å². The van der Waals surface area contributed by atoms with Crippen molar-refractivity contribution in [2.24, 2.45) is 0 Å². The first-order valence-electron chi connectivity index (χ1n) is 6.08. The van der Waals surface area contributed by atoms with Gasteiger partial charge in [0.2, 0.25) is 0 Å². The molecule has 5 nitrogen and oxygen atoms in total. The Morgan fingerprint density at radius 1 is 1.29 bits per heavy atom. The molecule has 1 amide bonds. The minimum Gasteiger partial charge on any atom is -0.508 e. The third kappa shape index (κ3) is 2.43. The highest BCUT2D eigenvalue weighted by molar-refractivity contribution is 7.00. The molecule has 3 aromatic rings. The Bertz CT molecular complexity index is 847. The number of hydrogen-bond acceptors (Lipinski definition) is 5. The van der Waals surface area contributed by atoms with E-state index in [1.54, 1.807) is 31.2 Å². The highest BCUT2D eigenvalue weighted by Gasteiger charge is 2.16. The molecule has 0 aliphatic rings. The fraction of sp³-hybridized carbons (Fsp3) is 0.0714. The lowest BCUT2D eigenvalue weighted by Gasteiger charge is -2.10. The zero-order valence-electron chi connectivity index (χ0n) is 10.9. The first-order chi connectivity index (χ1) is 10.1. The lowest BCUT2D eigenvalue weighted by molar-refractivity contribution is 0.102. The molecular weight excluding hydrogens is 310 g/mol. The van der Waals surface area contributed by atoms with Crippen LogP contribution in [0.1, 0.15) is 15.9 Å². The fourth-order valence-electron chi connectivity index (χ4n) is 2.00. The molecule has 0 aliphatic carbocycles. The van der Waals surface area contributed by atoms with Crippen LogP contribution in [0.2, 0.25) is 5.02 Å². The third-order valence-electron chi connectivity index (χ3n) is 3.17. The molecule has 0 spiro atoms. The van der Waals surface area contributed by atoms with Gasteiger partial charge in [-0.05, 0) is 31.2 Å². The minimum atomic E-state index is -0.356. The standard InChI is InChI=1S/C14H10ClN3O2S/c1-7-8(3-2-4-11(7)19)14(20)16-12-9(15)5-6-10-13(12)18-21-17-10/h2-6,19H,1H3,(H,16,20). The SMILES string of the molecule is Cc1c(O)cccc1C(=O)Nc1c(Cl)ccc2nsnc12. The maximum atomic E-state index is 12.4. The number of aromatic hydroxyl groups is 1. The lowest BCUT2D eigenvalue weighted by Crippen LogP contribution is -2.14. The summed E-state index contributed by atoms with van der Waals surface area (Å²) in [7, 11) is 0. The van der Waals surface area contributed by atoms with Gasteiger partial charge in [0.15, 0.2) is 0 Å². The van der Waals surface area contributed by atoms with Crippen molar-refractivity contribution >= 4 is 46.0 Å². The molecule has 2 N–H and O–H groups in total. The Kier molecular flexibility index (Phi) is 3.48. The second kappa shape index (κ2) is 5.31. The van der Waals surface area contributed by atoms with Gasteiger partial charge in [0, 0.05) is 11.1 Å². The Hall–Kier alpha value is -2.18. The number of anilines is 1. The van der Waals surface area contributed by atoms with Crippen LogP contribution < -0.4 is 5.32 Å². The topological polar surface area (TPSA) is 75.1 Å². The van der Waals surface area contributed by atoms with Crippen LogP contribution in [-0.2, 0) is 0 Å². The second-order valence-corrected chi connectivity index (χ2v) is 5.39. The fourth-order valence-corrected chi connectivity index (χ4v) is 2.74. The number of nitrogens with one attached hydrogen (secondary N) is 1. The molecule has 0 aliphatic heterocycles. The molecule has 0 saturated carbocycles. The molecule has 2 aromatic carbocycles. The van der Waals surface area contributed by atoms with Gasteiger partial charge in [-0.3, -0.25) is 4.79 Å². The maximum absolute atomic E-state index is 12.4. The monoisotopic (exact) mass is 319 g/mol. The van der Waals surface area contributed by atoms with Gasteiger partial charge in [-0.1, -0.05) is 17.7 Å². The van der Waals surface area contributed by atoms with Gasteiger partial charge in [0.25, 0.3) is 5.91 Å². The molecule has 0 radical (unpaired) electrons. The molecular formula is C14H10ClN3O2S. The van der Waals surface area contributed by atoms with Crippen LogP contribution in [-0.4, -0.2) is 19.8 Å². The van der Waals surface area contributed by atoms with Crippen LogP contribution >= 0.6 is 23.3 Å². The van der Waals surface area contributed by atoms with Crippen molar-refractivity contribution in [2.75, 3.05) is 5.32 Å². The van der Waals surface area contributed by atoms with E-state index in [2.05, 4.69) is 14.1 Å². The van der Waals surface area contributed by atoms with E-state index in [0.717, 1.165) is 11.7 Å². The first kappa shape index (κ1) is 13.8. The summed E-state index contributed by atoms with van der Waals surface area (Å²) < 4.78 is 8.26. The average molecular weight is 320 g/mol. The van der Waals surface area contributed by atoms with Gasteiger partial charge >= 0.3 is 0 Å². The largest absolute Gasteiger partial charge is 0.508 e. The number of rotatable bonds is 2. The molecule has 106 valence electrons. The molecule has 0 fully saturated rings. The van der Waals surface area contributed by atoms with Crippen LogP contribution in [0.15, 0.2) is 30.3 Å². The van der Waals surface area contributed by atoms with Crippen molar-refractivity contribution < 1.29 is 9.90 Å². The number of fused-ring (bicyclic) bond motifs is 1. The van der Waals surface area contributed by atoms with E-state index >= 15 is 0 Å². The van der Waals surface area contributed by atoms with E-state index in [1.807, 2.05) is 0 Å². The average Bonchev–Trinajstić information content (AvgIpc) is 2.93. The van der Waals surface area contributed by atoms with Crippen LogP contribution in [0.5, 0.6) is 5.75 Å². The van der Waals surface area contributed by atoms with E-state index < -0.39 is 0 Å². The zero-order valence-corrected chi connectivity index (χ0v) is 12.5. The van der Waals surface area contributed by atoms with Gasteiger partial charge in [-0.15, -0.1) is 0 Å². The predicted molar refractivity (Wildman–Crippen MR) is 83.2 cm³/mol. The lowest BCUT2D eigenvalue weighted by atomic mass is 10.1. The molecule has 7 heteroatoms. The normalized spacial score (nSPS) is 10.8. The summed E-state index contributed by atoms with van der Waals surface area (Å²) in [6, 6.07) is 8.19. The Morgan fingerprint density at radius 2 is 2.10 bits per heavy atom. The van der Waals surface area contributed by atoms with Crippen molar-refractivity contribution in [2.45, 2.75) is 6.92 Å². The zero-order chi connectivity index (χ0) is 15.0. The Balaban J connectivity index is 2.02. The number of halogens is 1. The first-order valence-corrected chi connectivity index (χ1v) is 7.19. The number of phenols is 1. The van der Waals surface area contributed by atoms with Crippen LogP contribution in [0.3, 0.4) is 0 Å².